The van der Waals surface area contributed by atoms with Crippen LogP contribution in [0.3, 0.4) is 0 Å². The first kappa shape index (κ1) is 37.7. The average Bonchev–Trinajstić information content (AvgIpc) is 2.83. The van der Waals surface area contributed by atoms with Gasteiger partial charge in [0.1, 0.15) is 0 Å². The zero-order valence-electron chi connectivity index (χ0n) is 25.1. The van der Waals surface area contributed by atoms with Crippen LogP contribution in [0.4, 0.5) is 0 Å². The van der Waals surface area contributed by atoms with Gasteiger partial charge in [-0.15, -0.1) is 0 Å². The van der Waals surface area contributed by atoms with Gasteiger partial charge in [0.05, 0.1) is 59.0 Å². The van der Waals surface area contributed by atoms with E-state index in [4.69, 9.17) is 23.7 Å². The summed E-state index contributed by atoms with van der Waals surface area (Å²) in [4.78, 5) is 11.7. The van der Waals surface area contributed by atoms with Gasteiger partial charge in [-0.05, 0) is 12.3 Å². The molecule has 10 heteroatoms. The molecule has 0 heterocycles. The summed E-state index contributed by atoms with van der Waals surface area (Å²) in [6, 6.07) is 0.478. The van der Waals surface area contributed by atoms with E-state index in [9.17, 15) is 4.79 Å². The van der Waals surface area contributed by atoms with Gasteiger partial charge in [0.2, 0.25) is 5.91 Å². The van der Waals surface area contributed by atoms with Gasteiger partial charge in [0.25, 0.3) is 0 Å². The van der Waals surface area contributed by atoms with E-state index < -0.39 is 0 Å². The van der Waals surface area contributed by atoms with Crippen LogP contribution < -0.4 is 10.6 Å². The van der Waals surface area contributed by atoms with E-state index in [1.165, 1.54) is 0 Å². The van der Waals surface area contributed by atoms with Gasteiger partial charge in [-0.25, -0.2) is 0 Å². The number of hydrogen-bond acceptors (Lipinski definition) is 9. The standard InChI is InChI=1S/C28H56N2O6S2/c1-24(2)9-8-12-30-27(31)11-15-33-18-20-35-21-22-36-26(23-37-38-28(5,6)7)10-14-32-17-19-34-16-13-29-25(3)4/h8-9,24-26,29H,10-23H2,1-7H3,(H,30,31)/b9-8+. The molecule has 0 aromatic heterocycles. The van der Waals surface area contributed by atoms with Crippen LogP contribution in [0.1, 0.15) is 61.3 Å². The Bertz CT molecular complexity index is 574. The normalized spacial score (nSPS) is 13.2. The van der Waals surface area contributed by atoms with Crippen molar-refractivity contribution in [1.82, 2.24) is 10.6 Å². The molecule has 0 aromatic rings. The molecule has 0 radical (unpaired) electrons. The van der Waals surface area contributed by atoms with Gasteiger partial charge in [-0.3, -0.25) is 4.79 Å². The Kier molecular flexibility index (Phi) is 25.4. The third-order valence-corrected chi connectivity index (χ3v) is 8.07. The third-order valence-electron chi connectivity index (χ3n) is 4.68. The molecule has 8 nitrogen and oxygen atoms in total. The molecule has 0 rings (SSSR count). The zero-order valence-corrected chi connectivity index (χ0v) is 26.7. The first-order chi connectivity index (χ1) is 18.1. The average molecular weight is 581 g/mol. The van der Waals surface area contributed by atoms with E-state index >= 15 is 0 Å². The number of nitrogens with one attached hydrogen (secondary N) is 2. The van der Waals surface area contributed by atoms with Crippen LogP contribution in [0.5, 0.6) is 0 Å². The largest absolute Gasteiger partial charge is 0.379 e. The lowest BCUT2D eigenvalue weighted by molar-refractivity contribution is -0.122. The van der Waals surface area contributed by atoms with Crippen molar-refractivity contribution < 1.29 is 28.5 Å². The molecule has 0 aliphatic rings. The highest BCUT2D eigenvalue weighted by Crippen LogP contribution is 2.35. The van der Waals surface area contributed by atoms with Crippen LogP contribution in [0.2, 0.25) is 0 Å². The van der Waals surface area contributed by atoms with E-state index in [0.29, 0.717) is 84.4 Å². The SMILES string of the molecule is CC(C)/C=C/CNC(=O)CCOCCOCCOC(CCOCCOCCNC(C)C)CSSC(C)(C)C. The van der Waals surface area contributed by atoms with Crippen molar-refractivity contribution in [1.29, 1.82) is 0 Å². The van der Waals surface area contributed by atoms with Crippen molar-refractivity contribution in [3.63, 3.8) is 0 Å². The van der Waals surface area contributed by atoms with Crippen molar-refractivity contribution in [3.05, 3.63) is 12.2 Å². The number of amides is 1. The summed E-state index contributed by atoms with van der Waals surface area (Å²) >= 11 is 0. The molecule has 1 atom stereocenters. The number of carbonyl (C=O) groups is 1. The molecule has 1 unspecified atom stereocenters. The fraction of sp³-hybridized carbons (Fsp3) is 0.893. The Labute approximate surface area is 240 Å². The summed E-state index contributed by atoms with van der Waals surface area (Å²) in [6.07, 6.45) is 5.35. The molecule has 0 fully saturated rings. The summed E-state index contributed by atoms with van der Waals surface area (Å²) in [5.74, 6) is 1.39. The van der Waals surface area contributed by atoms with Gasteiger partial charge in [-0.1, -0.05) is 82.2 Å². The van der Waals surface area contributed by atoms with E-state index in [2.05, 4.69) is 65.2 Å². The van der Waals surface area contributed by atoms with Crippen LogP contribution in [-0.4, -0.2) is 101 Å². The third kappa shape index (κ3) is 30.2. The fourth-order valence-corrected chi connectivity index (χ4v) is 5.38. The highest BCUT2D eigenvalue weighted by atomic mass is 33.1. The van der Waals surface area contributed by atoms with Crippen molar-refractivity contribution >= 4 is 27.5 Å². The number of ether oxygens (including phenoxy) is 5. The minimum Gasteiger partial charge on any atom is -0.379 e. The van der Waals surface area contributed by atoms with Crippen LogP contribution in [0, 0.1) is 5.92 Å². The number of hydrogen-bond donors (Lipinski definition) is 2. The first-order valence-corrected chi connectivity index (χ1v) is 16.3. The predicted molar refractivity (Wildman–Crippen MR) is 162 cm³/mol. The Morgan fingerprint density at radius 1 is 0.842 bits per heavy atom. The maximum absolute atomic E-state index is 11.7. The molecule has 1 amide bonds. The summed E-state index contributed by atoms with van der Waals surface area (Å²) in [5, 5.41) is 6.18. The smallest absolute Gasteiger partial charge is 0.222 e. The zero-order chi connectivity index (χ0) is 28.5. The lowest BCUT2D eigenvalue weighted by Crippen LogP contribution is -2.27. The van der Waals surface area contributed by atoms with Gasteiger partial charge in [0.15, 0.2) is 0 Å². The summed E-state index contributed by atoms with van der Waals surface area (Å²) in [6.45, 7) is 21.5. The van der Waals surface area contributed by atoms with E-state index in [-0.39, 0.29) is 16.8 Å². The predicted octanol–water partition coefficient (Wildman–Crippen LogP) is 4.72. The molecular weight excluding hydrogens is 524 g/mol. The van der Waals surface area contributed by atoms with Gasteiger partial charge in [-0.2, -0.15) is 0 Å². The summed E-state index contributed by atoms with van der Waals surface area (Å²) in [5.41, 5.74) is 0. The Morgan fingerprint density at radius 3 is 2.08 bits per heavy atom. The van der Waals surface area contributed by atoms with Crippen LogP contribution in [-0.2, 0) is 28.5 Å². The van der Waals surface area contributed by atoms with Crippen LogP contribution in [0.25, 0.3) is 0 Å². The van der Waals surface area contributed by atoms with E-state index in [1.54, 1.807) is 0 Å². The molecular formula is C28H56N2O6S2. The van der Waals surface area contributed by atoms with Crippen molar-refractivity contribution in [2.24, 2.45) is 5.92 Å². The minimum atomic E-state index is -0.00305. The Morgan fingerprint density at radius 2 is 1.45 bits per heavy atom. The topological polar surface area (TPSA) is 87.3 Å². The van der Waals surface area contributed by atoms with Crippen molar-refractivity contribution in [2.75, 3.05) is 78.3 Å². The molecule has 0 saturated carbocycles. The van der Waals surface area contributed by atoms with Gasteiger partial charge < -0.3 is 34.3 Å². The van der Waals surface area contributed by atoms with E-state index in [1.807, 2.05) is 27.7 Å². The molecule has 0 bridgehead atoms. The fourth-order valence-electron chi connectivity index (χ4n) is 2.82. The molecule has 2 N–H and O–H groups in total. The minimum absolute atomic E-state index is 0.00305. The maximum atomic E-state index is 11.7. The molecule has 0 saturated heterocycles. The highest BCUT2D eigenvalue weighted by Gasteiger charge is 2.15. The second kappa shape index (κ2) is 25.6. The second-order valence-corrected chi connectivity index (χ2v) is 13.7. The van der Waals surface area contributed by atoms with Crippen molar-refractivity contribution in [2.45, 2.75) is 78.2 Å². The Balaban J connectivity index is 3.88. The lowest BCUT2D eigenvalue weighted by atomic mass is 10.2. The van der Waals surface area contributed by atoms with Gasteiger partial charge >= 0.3 is 0 Å². The van der Waals surface area contributed by atoms with Gasteiger partial charge in [0, 0.05) is 42.7 Å². The van der Waals surface area contributed by atoms with E-state index in [0.717, 1.165) is 18.7 Å². The first-order valence-electron chi connectivity index (χ1n) is 14.0. The number of allylic oxidation sites excluding steroid dienone is 1. The van der Waals surface area contributed by atoms with Crippen LogP contribution in [0.15, 0.2) is 12.2 Å². The molecule has 0 aliphatic heterocycles. The van der Waals surface area contributed by atoms with Crippen LogP contribution >= 0.6 is 21.6 Å². The molecule has 0 spiro atoms. The van der Waals surface area contributed by atoms with Crippen molar-refractivity contribution in [3.8, 4) is 0 Å². The molecule has 226 valence electrons. The highest BCUT2D eigenvalue weighted by molar-refractivity contribution is 8.77. The lowest BCUT2D eigenvalue weighted by Gasteiger charge is -2.21. The number of rotatable bonds is 26. The quantitative estimate of drug-likeness (QED) is 0.0857. The summed E-state index contributed by atoms with van der Waals surface area (Å²) < 4.78 is 28.8. The Hall–Kier alpha value is -0.330. The second-order valence-electron chi connectivity index (χ2n) is 10.5. The molecule has 0 aromatic carbocycles. The molecule has 0 aliphatic carbocycles. The monoisotopic (exact) mass is 580 g/mol. The summed E-state index contributed by atoms with van der Waals surface area (Å²) in [7, 11) is 3.71. The maximum Gasteiger partial charge on any atom is 0.222 e. The molecule has 38 heavy (non-hydrogen) atoms. The number of carbonyl (C=O) groups excluding carboxylic acids is 1.